The maximum Gasteiger partial charge on any atom is 0.340 e. The Labute approximate surface area is 212 Å². The number of halogens is 1. The Balaban J connectivity index is 1.46. The van der Waals surface area contributed by atoms with Crippen LogP contribution in [0.2, 0.25) is 0 Å². The second kappa shape index (κ2) is 9.96. The van der Waals surface area contributed by atoms with Crippen molar-refractivity contribution in [1.29, 1.82) is 0 Å². The van der Waals surface area contributed by atoms with Crippen molar-refractivity contribution < 1.29 is 29.0 Å². The molecule has 2 aliphatic heterocycles. The van der Waals surface area contributed by atoms with E-state index in [0.717, 1.165) is 22.9 Å². The Morgan fingerprint density at radius 2 is 1.46 bits per heavy atom. The number of carboxylic acids is 1. The van der Waals surface area contributed by atoms with Gasteiger partial charge in [0.25, 0.3) is 5.91 Å². The predicted octanol–water partition coefficient (Wildman–Crippen LogP) is 2.79. The first-order valence-corrected chi connectivity index (χ1v) is 11.7. The third-order valence-electron chi connectivity index (χ3n) is 6.55. The first-order chi connectivity index (χ1) is 17.8. The number of amides is 1. The number of aliphatic hydroxyl groups is 1. The normalized spacial score (nSPS) is 20.0. The highest BCUT2D eigenvalue weighted by atomic mass is 19.1. The highest BCUT2D eigenvalue weighted by Gasteiger charge is 2.49. The van der Waals surface area contributed by atoms with Crippen LogP contribution in [0.1, 0.15) is 11.1 Å². The van der Waals surface area contributed by atoms with E-state index < -0.39 is 41.2 Å². The van der Waals surface area contributed by atoms with Crippen LogP contribution in [0.25, 0.3) is 11.1 Å². The number of hydrogen-bond donors (Lipinski definition) is 2. The smallest absolute Gasteiger partial charge is 0.340 e. The highest BCUT2D eigenvalue weighted by Crippen LogP contribution is 2.29. The van der Waals surface area contributed by atoms with Gasteiger partial charge in [0.15, 0.2) is 6.04 Å². The number of ketones is 1. The average molecular weight is 502 g/mol. The van der Waals surface area contributed by atoms with Crippen molar-refractivity contribution in [2.24, 2.45) is 0 Å². The number of benzene rings is 3. The molecule has 0 radical (unpaired) electrons. The van der Waals surface area contributed by atoms with Gasteiger partial charge >= 0.3 is 5.97 Å². The molecule has 2 unspecified atom stereocenters. The van der Waals surface area contributed by atoms with Gasteiger partial charge in [0, 0.05) is 19.3 Å². The molecule has 5 rings (SSSR count). The quantitative estimate of drug-likeness (QED) is 0.501. The number of hydrogen-bond acceptors (Lipinski definition) is 6. The van der Waals surface area contributed by atoms with Gasteiger partial charge in [0.1, 0.15) is 17.5 Å². The molecular formula is C28H24FN3O5. The Hall–Kier alpha value is -4.34. The van der Waals surface area contributed by atoms with Gasteiger partial charge in [0.2, 0.25) is 5.78 Å². The molecule has 0 aromatic heterocycles. The molecule has 8 nitrogen and oxygen atoms in total. The fourth-order valence-corrected chi connectivity index (χ4v) is 4.63. The summed E-state index contributed by atoms with van der Waals surface area (Å²) in [6.07, 6.45) is -0.726. The molecule has 188 valence electrons. The number of hydrazine groups is 1. The highest BCUT2D eigenvalue weighted by molar-refractivity contribution is 6.20. The second-order valence-electron chi connectivity index (χ2n) is 9.01. The average Bonchev–Trinajstić information content (AvgIpc) is 2.90. The van der Waals surface area contributed by atoms with E-state index in [9.17, 15) is 29.0 Å². The SMILES string of the molecule is O=C(O)C1=CN2C(C(=O)N(Cc3ccc(F)cc3)CN2Cc2ccc(-c3ccccc3)cc2)C(O)C1=O. The van der Waals surface area contributed by atoms with E-state index in [1.165, 1.54) is 22.0 Å². The molecule has 2 atom stereocenters. The summed E-state index contributed by atoms with van der Waals surface area (Å²) in [5.74, 6) is -3.42. The molecule has 37 heavy (non-hydrogen) atoms. The fraction of sp³-hybridized carbons (Fsp3) is 0.179. The summed E-state index contributed by atoms with van der Waals surface area (Å²) >= 11 is 0. The molecule has 0 spiro atoms. The molecule has 3 aromatic rings. The number of carbonyl (C=O) groups excluding carboxylic acids is 2. The zero-order chi connectivity index (χ0) is 26.1. The topological polar surface area (TPSA) is 101 Å². The van der Waals surface area contributed by atoms with Crippen LogP contribution in [-0.2, 0) is 27.5 Å². The summed E-state index contributed by atoms with van der Waals surface area (Å²) in [6, 6.07) is 22.1. The van der Waals surface area contributed by atoms with Crippen LogP contribution < -0.4 is 0 Å². The van der Waals surface area contributed by atoms with Crippen LogP contribution in [0.5, 0.6) is 0 Å². The molecule has 1 saturated heterocycles. The summed E-state index contributed by atoms with van der Waals surface area (Å²) in [6.45, 7) is 0.476. The van der Waals surface area contributed by atoms with Gasteiger partial charge in [-0.2, -0.15) is 5.01 Å². The molecule has 1 fully saturated rings. The van der Waals surface area contributed by atoms with Crippen LogP contribution in [0.3, 0.4) is 0 Å². The lowest BCUT2D eigenvalue weighted by Gasteiger charge is -2.50. The monoisotopic (exact) mass is 501 g/mol. The first-order valence-electron chi connectivity index (χ1n) is 11.7. The summed E-state index contributed by atoms with van der Waals surface area (Å²) in [5.41, 5.74) is 3.06. The van der Waals surface area contributed by atoms with Crippen LogP contribution in [0.15, 0.2) is 90.6 Å². The number of aliphatic hydroxyl groups excluding tert-OH is 1. The number of aliphatic carboxylic acids is 1. The van der Waals surface area contributed by atoms with Crippen molar-refractivity contribution in [1.82, 2.24) is 14.9 Å². The van der Waals surface area contributed by atoms with Gasteiger partial charge in [0.05, 0.1) is 6.67 Å². The Morgan fingerprint density at radius 3 is 2.11 bits per heavy atom. The van der Waals surface area contributed by atoms with Gasteiger partial charge in [-0.15, -0.1) is 0 Å². The minimum Gasteiger partial charge on any atom is -0.478 e. The number of carbonyl (C=O) groups is 3. The number of carboxylic acid groups (broad SMARTS) is 1. The Morgan fingerprint density at radius 1 is 0.865 bits per heavy atom. The van der Waals surface area contributed by atoms with E-state index in [-0.39, 0.29) is 19.8 Å². The third-order valence-corrected chi connectivity index (χ3v) is 6.55. The molecule has 1 amide bonds. The molecule has 0 aliphatic carbocycles. The molecule has 2 aliphatic rings. The van der Waals surface area contributed by atoms with Crippen molar-refractivity contribution in [3.8, 4) is 11.1 Å². The lowest BCUT2D eigenvalue weighted by atomic mass is 9.94. The predicted molar refractivity (Wildman–Crippen MR) is 132 cm³/mol. The first kappa shape index (κ1) is 24.4. The maximum absolute atomic E-state index is 13.4. The number of fused-ring (bicyclic) bond motifs is 1. The Bertz CT molecular complexity index is 1360. The van der Waals surface area contributed by atoms with Crippen LogP contribution in [0.4, 0.5) is 4.39 Å². The van der Waals surface area contributed by atoms with Crippen molar-refractivity contribution in [2.45, 2.75) is 25.2 Å². The van der Waals surface area contributed by atoms with Crippen molar-refractivity contribution >= 4 is 17.7 Å². The van der Waals surface area contributed by atoms with Crippen molar-refractivity contribution in [2.75, 3.05) is 6.67 Å². The minimum absolute atomic E-state index is 0.0669. The van der Waals surface area contributed by atoms with Gasteiger partial charge in [-0.3, -0.25) is 14.6 Å². The largest absolute Gasteiger partial charge is 0.478 e. The van der Waals surface area contributed by atoms with E-state index in [2.05, 4.69) is 0 Å². The molecule has 2 heterocycles. The van der Waals surface area contributed by atoms with Gasteiger partial charge in [-0.05, 0) is 34.4 Å². The van der Waals surface area contributed by atoms with E-state index >= 15 is 0 Å². The molecular weight excluding hydrogens is 477 g/mol. The molecule has 9 heteroatoms. The van der Waals surface area contributed by atoms with Crippen LogP contribution >= 0.6 is 0 Å². The maximum atomic E-state index is 13.4. The molecule has 0 saturated carbocycles. The summed E-state index contributed by atoms with van der Waals surface area (Å²) in [7, 11) is 0. The van der Waals surface area contributed by atoms with Crippen molar-refractivity contribution in [3.05, 3.63) is 108 Å². The van der Waals surface area contributed by atoms with Crippen LogP contribution in [0, 0.1) is 5.82 Å². The summed E-state index contributed by atoms with van der Waals surface area (Å²) < 4.78 is 13.4. The van der Waals surface area contributed by atoms with Gasteiger partial charge in [-0.25, -0.2) is 9.18 Å². The zero-order valence-electron chi connectivity index (χ0n) is 19.7. The van der Waals surface area contributed by atoms with E-state index in [4.69, 9.17) is 0 Å². The zero-order valence-corrected chi connectivity index (χ0v) is 19.7. The van der Waals surface area contributed by atoms with Gasteiger partial charge in [-0.1, -0.05) is 66.7 Å². The van der Waals surface area contributed by atoms with E-state index in [1.54, 1.807) is 17.1 Å². The van der Waals surface area contributed by atoms with Crippen LogP contribution in [-0.4, -0.2) is 61.6 Å². The van der Waals surface area contributed by atoms with E-state index in [0.29, 0.717) is 5.56 Å². The van der Waals surface area contributed by atoms with Crippen molar-refractivity contribution in [3.63, 3.8) is 0 Å². The number of rotatable bonds is 6. The lowest BCUT2D eigenvalue weighted by molar-refractivity contribution is -0.183. The Kier molecular flexibility index (Phi) is 6.56. The molecule has 2 N–H and O–H groups in total. The number of nitrogens with zero attached hydrogens (tertiary/aromatic N) is 3. The third kappa shape index (κ3) is 4.87. The van der Waals surface area contributed by atoms with Gasteiger partial charge < -0.3 is 15.1 Å². The number of Topliss-reactive ketones (excluding diaryl/α,β-unsaturated/α-hetero) is 1. The summed E-state index contributed by atoms with van der Waals surface area (Å²) in [4.78, 5) is 39.0. The lowest BCUT2D eigenvalue weighted by Crippen LogP contribution is -2.68. The standard InChI is InChI=1S/C28H24FN3O5/c29-22-12-8-18(9-13-22)14-30-17-31(15-19-6-10-21(11-7-19)20-4-2-1-3-5-20)32-16-23(28(36)37)25(33)26(34)24(32)27(30)35/h1-13,16,24,26,34H,14-15,17H2,(H,36,37). The fourth-order valence-electron chi connectivity index (χ4n) is 4.63. The molecule has 0 bridgehead atoms. The second-order valence-corrected chi connectivity index (χ2v) is 9.01. The van der Waals surface area contributed by atoms with E-state index in [1.807, 2.05) is 54.6 Å². The minimum atomic E-state index is -1.84. The summed E-state index contributed by atoms with van der Waals surface area (Å²) in [5, 5.41) is 23.3. The molecule has 3 aromatic carbocycles.